The molecule has 9 nitrogen and oxygen atoms in total. The number of sulfonamides is 1. The molecular formula is C22H24F2N2O7S. The molecule has 12 heteroatoms. The second-order valence-corrected chi connectivity index (χ2v) is 8.86. The van der Waals surface area contributed by atoms with Gasteiger partial charge >= 0.3 is 12.6 Å². The maximum Gasteiger partial charge on any atom is 0.387 e. The van der Waals surface area contributed by atoms with E-state index in [0.717, 1.165) is 12.1 Å². The van der Waals surface area contributed by atoms with Gasteiger partial charge in [0.2, 0.25) is 10.0 Å². The lowest BCUT2D eigenvalue weighted by atomic mass is 10.1. The van der Waals surface area contributed by atoms with E-state index >= 15 is 0 Å². The van der Waals surface area contributed by atoms with E-state index in [4.69, 9.17) is 4.74 Å². The van der Waals surface area contributed by atoms with E-state index in [1.807, 2.05) is 5.32 Å². The van der Waals surface area contributed by atoms with Crippen LogP contribution in [-0.4, -0.2) is 56.8 Å². The van der Waals surface area contributed by atoms with Crippen LogP contribution in [0, 0.1) is 6.92 Å². The number of benzene rings is 2. The van der Waals surface area contributed by atoms with Gasteiger partial charge in [0.25, 0.3) is 11.8 Å². The van der Waals surface area contributed by atoms with E-state index in [1.54, 1.807) is 20.8 Å². The number of nitrogens with zero attached hydrogens (tertiary/aromatic N) is 1. The number of halogens is 2. The fourth-order valence-corrected chi connectivity index (χ4v) is 4.41. The third-order valence-corrected chi connectivity index (χ3v) is 6.75. The first-order valence-electron chi connectivity index (χ1n) is 10.2. The lowest BCUT2D eigenvalue weighted by Crippen LogP contribution is -2.34. The van der Waals surface area contributed by atoms with Crippen LogP contribution >= 0.6 is 0 Å². The molecule has 0 atom stereocenters. The molecule has 0 spiro atoms. The second-order valence-electron chi connectivity index (χ2n) is 6.92. The van der Waals surface area contributed by atoms with Crippen LogP contribution in [-0.2, 0) is 19.6 Å². The van der Waals surface area contributed by atoms with Crippen molar-refractivity contribution in [3.63, 3.8) is 0 Å². The molecule has 0 aromatic heterocycles. The Balaban J connectivity index is 2.02. The molecule has 1 N–H and O–H groups in total. The lowest BCUT2D eigenvalue weighted by molar-refractivity contribution is -0.123. The Morgan fingerprint density at radius 2 is 1.65 bits per heavy atom. The molecule has 0 fully saturated rings. The van der Waals surface area contributed by atoms with E-state index in [9.17, 15) is 31.6 Å². The van der Waals surface area contributed by atoms with Crippen LogP contribution in [0.3, 0.4) is 0 Å². The minimum atomic E-state index is -3.81. The summed E-state index contributed by atoms with van der Waals surface area (Å²) >= 11 is 0. The van der Waals surface area contributed by atoms with Gasteiger partial charge in [0, 0.05) is 18.7 Å². The predicted molar refractivity (Wildman–Crippen MR) is 117 cm³/mol. The molecule has 2 aromatic carbocycles. The third-order valence-electron chi connectivity index (χ3n) is 4.70. The zero-order valence-electron chi connectivity index (χ0n) is 18.7. The quantitative estimate of drug-likeness (QED) is 0.500. The third kappa shape index (κ3) is 6.81. The van der Waals surface area contributed by atoms with Crippen molar-refractivity contribution >= 4 is 27.8 Å². The Morgan fingerprint density at radius 1 is 1.03 bits per heavy atom. The van der Waals surface area contributed by atoms with Gasteiger partial charge in [-0.3, -0.25) is 14.9 Å². The molecular weight excluding hydrogens is 474 g/mol. The lowest BCUT2D eigenvalue weighted by Gasteiger charge is -2.19. The van der Waals surface area contributed by atoms with Crippen molar-refractivity contribution in [3.05, 3.63) is 59.2 Å². The SMILES string of the molecule is CCN(CC)S(=O)(=O)c1ccc(C)c(C(=O)OCC(=O)NC(=O)c2ccc(OC(F)F)cc2)c1. The standard InChI is InChI=1S/C22H24F2N2O7S/c1-4-26(5-2)34(30,31)17-11-6-14(3)18(12-17)21(29)32-13-19(27)25-20(28)15-7-9-16(10-8-15)33-22(23)24/h6-12,22H,4-5,13H2,1-3H3,(H,25,27,28). The van der Waals surface area contributed by atoms with Gasteiger partial charge in [-0.1, -0.05) is 19.9 Å². The Bertz CT molecular complexity index is 1150. The van der Waals surface area contributed by atoms with E-state index in [1.165, 1.54) is 34.6 Å². The minimum absolute atomic E-state index is 0.00792. The molecule has 0 aliphatic heterocycles. The van der Waals surface area contributed by atoms with Crippen molar-refractivity contribution in [1.82, 2.24) is 9.62 Å². The number of imide groups is 1. The first-order valence-corrected chi connectivity index (χ1v) is 11.6. The van der Waals surface area contributed by atoms with Gasteiger partial charge in [-0.05, 0) is 48.9 Å². The number of nitrogens with one attached hydrogen (secondary N) is 1. The Morgan fingerprint density at radius 3 is 2.21 bits per heavy atom. The van der Waals surface area contributed by atoms with Crippen LogP contribution in [0.5, 0.6) is 5.75 Å². The van der Waals surface area contributed by atoms with Crippen molar-refractivity contribution < 1.29 is 41.1 Å². The zero-order chi connectivity index (χ0) is 25.5. The molecule has 0 saturated heterocycles. The van der Waals surface area contributed by atoms with Crippen molar-refractivity contribution in [2.75, 3.05) is 19.7 Å². The molecule has 0 radical (unpaired) electrons. The summed E-state index contributed by atoms with van der Waals surface area (Å²) in [5.74, 6) is -2.87. The van der Waals surface area contributed by atoms with Gasteiger partial charge in [0.15, 0.2) is 6.61 Å². The number of esters is 1. The van der Waals surface area contributed by atoms with Gasteiger partial charge in [0.05, 0.1) is 10.5 Å². The number of rotatable bonds is 10. The van der Waals surface area contributed by atoms with Crippen LogP contribution in [0.25, 0.3) is 0 Å². The number of alkyl halides is 2. The number of carbonyl (C=O) groups is 3. The first kappa shape index (κ1) is 26.9. The van der Waals surface area contributed by atoms with Gasteiger partial charge in [-0.2, -0.15) is 13.1 Å². The van der Waals surface area contributed by atoms with Gasteiger partial charge in [-0.25, -0.2) is 13.2 Å². The Kier molecular flexibility index (Phi) is 9.21. The average Bonchev–Trinajstić information content (AvgIpc) is 2.78. The summed E-state index contributed by atoms with van der Waals surface area (Å²) in [5, 5.41) is 2.00. The zero-order valence-corrected chi connectivity index (χ0v) is 19.5. The normalized spacial score (nSPS) is 11.4. The largest absolute Gasteiger partial charge is 0.452 e. The van der Waals surface area contributed by atoms with Crippen LogP contribution in [0.2, 0.25) is 0 Å². The average molecular weight is 499 g/mol. The summed E-state index contributed by atoms with van der Waals surface area (Å²) in [4.78, 5) is 36.5. The number of hydrogen-bond donors (Lipinski definition) is 1. The molecule has 0 saturated carbocycles. The van der Waals surface area contributed by atoms with E-state index in [0.29, 0.717) is 5.56 Å². The number of ether oxygens (including phenoxy) is 2. The Hall–Kier alpha value is -3.38. The molecule has 2 amide bonds. The minimum Gasteiger partial charge on any atom is -0.452 e. The molecule has 0 heterocycles. The van der Waals surface area contributed by atoms with E-state index in [-0.39, 0.29) is 34.9 Å². The highest BCUT2D eigenvalue weighted by Gasteiger charge is 2.24. The summed E-state index contributed by atoms with van der Waals surface area (Å²) in [6.07, 6.45) is 0. The smallest absolute Gasteiger partial charge is 0.387 e. The van der Waals surface area contributed by atoms with E-state index < -0.39 is 41.0 Å². The molecule has 0 unspecified atom stereocenters. The molecule has 0 aliphatic rings. The van der Waals surface area contributed by atoms with Gasteiger partial charge in [0.1, 0.15) is 5.75 Å². The fraction of sp³-hybridized carbons (Fsp3) is 0.318. The highest BCUT2D eigenvalue weighted by atomic mass is 32.2. The van der Waals surface area contributed by atoms with Crippen LogP contribution < -0.4 is 10.1 Å². The molecule has 34 heavy (non-hydrogen) atoms. The maximum atomic E-state index is 12.7. The molecule has 2 aromatic rings. The first-order chi connectivity index (χ1) is 16.0. The van der Waals surface area contributed by atoms with Crippen molar-refractivity contribution in [1.29, 1.82) is 0 Å². The summed E-state index contributed by atoms with van der Waals surface area (Å²) in [7, 11) is -3.81. The highest BCUT2D eigenvalue weighted by Crippen LogP contribution is 2.20. The fourth-order valence-electron chi connectivity index (χ4n) is 2.93. The molecule has 0 aliphatic carbocycles. The molecule has 0 bridgehead atoms. The number of amides is 2. The monoisotopic (exact) mass is 498 g/mol. The number of hydrogen-bond acceptors (Lipinski definition) is 7. The van der Waals surface area contributed by atoms with Gasteiger partial charge in [-0.15, -0.1) is 0 Å². The second kappa shape index (κ2) is 11.7. The predicted octanol–water partition coefficient (Wildman–Crippen LogP) is 2.74. The van der Waals surface area contributed by atoms with Crippen LogP contribution in [0.1, 0.15) is 40.1 Å². The summed E-state index contributed by atoms with van der Waals surface area (Å²) in [6.45, 7) is 1.65. The number of carbonyl (C=O) groups excluding carboxylic acids is 3. The van der Waals surface area contributed by atoms with E-state index in [2.05, 4.69) is 4.74 Å². The van der Waals surface area contributed by atoms with Crippen molar-refractivity contribution in [2.24, 2.45) is 0 Å². The summed E-state index contributed by atoms with van der Waals surface area (Å²) in [6, 6.07) is 8.63. The Labute approximate surface area is 195 Å². The van der Waals surface area contributed by atoms with Crippen molar-refractivity contribution in [2.45, 2.75) is 32.3 Å². The summed E-state index contributed by atoms with van der Waals surface area (Å²) in [5.41, 5.74) is 0.388. The molecule has 2 rings (SSSR count). The van der Waals surface area contributed by atoms with Gasteiger partial charge < -0.3 is 9.47 Å². The van der Waals surface area contributed by atoms with Crippen LogP contribution in [0.4, 0.5) is 8.78 Å². The highest BCUT2D eigenvalue weighted by molar-refractivity contribution is 7.89. The number of aryl methyl sites for hydroxylation is 1. The molecule has 184 valence electrons. The van der Waals surface area contributed by atoms with Crippen LogP contribution in [0.15, 0.2) is 47.4 Å². The van der Waals surface area contributed by atoms with Crippen molar-refractivity contribution in [3.8, 4) is 5.75 Å². The topological polar surface area (TPSA) is 119 Å². The maximum absolute atomic E-state index is 12.7. The summed E-state index contributed by atoms with van der Waals surface area (Å²) < 4.78 is 60.1.